The van der Waals surface area contributed by atoms with Crippen LogP contribution >= 0.6 is 11.3 Å². The summed E-state index contributed by atoms with van der Waals surface area (Å²) in [6, 6.07) is 0. The van der Waals surface area contributed by atoms with Gasteiger partial charge in [-0.25, -0.2) is 4.98 Å². The maximum absolute atomic E-state index is 9.82. The highest BCUT2D eigenvalue weighted by molar-refractivity contribution is 7.11. The molecule has 0 spiro atoms. The average Bonchev–Trinajstić information content (AvgIpc) is 2.88. The maximum Gasteiger partial charge on any atom is 0.273 e. The second-order valence-electron chi connectivity index (χ2n) is 2.68. The summed E-state index contributed by atoms with van der Waals surface area (Å²) in [4.78, 5) is 4.09. The highest BCUT2D eigenvalue weighted by atomic mass is 32.1. The summed E-state index contributed by atoms with van der Waals surface area (Å²) < 4.78 is 4.94. The molecule has 6 heteroatoms. The lowest BCUT2D eigenvalue weighted by atomic mass is 10.2. The van der Waals surface area contributed by atoms with Crippen LogP contribution < -0.4 is 4.74 Å². The second-order valence-corrected chi connectivity index (χ2v) is 3.50. The molecule has 0 aliphatic rings. The van der Waals surface area contributed by atoms with Crippen LogP contribution in [-0.2, 0) is 0 Å². The molecule has 0 radical (unpaired) electrons. The molecule has 1 atom stereocenters. The summed E-state index contributed by atoms with van der Waals surface area (Å²) in [6.07, 6.45) is 2.46. The molecule has 0 aliphatic heterocycles. The summed E-state index contributed by atoms with van der Waals surface area (Å²) in [5.41, 5.74) is 1.27. The maximum atomic E-state index is 9.82. The first-order valence-corrected chi connectivity index (χ1v) is 4.85. The third kappa shape index (κ3) is 1.61. The first kappa shape index (κ1) is 9.17. The van der Waals surface area contributed by atoms with Gasteiger partial charge in [0.1, 0.15) is 6.10 Å². The zero-order chi connectivity index (χ0) is 9.97. The van der Waals surface area contributed by atoms with Crippen molar-refractivity contribution in [2.75, 3.05) is 7.11 Å². The van der Waals surface area contributed by atoms with Crippen molar-refractivity contribution in [1.82, 2.24) is 15.2 Å². The molecule has 5 nitrogen and oxygen atoms in total. The number of thiazole rings is 1. The molecular weight excluding hydrogens is 202 g/mol. The van der Waals surface area contributed by atoms with Gasteiger partial charge in [-0.15, -0.1) is 0 Å². The van der Waals surface area contributed by atoms with Crippen LogP contribution in [0.4, 0.5) is 0 Å². The molecule has 2 aromatic heterocycles. The van der Waals surface area contributed by atoms with Gasteiger partial charge in [-0.3, -0.25) is 5.10 Å². The Hall–Kier alpha value is -1.40. The Kier molecular flexibility index (Phi) is 2.47. The topological polar surface area (TPSA) is 71.0 Å². The molecule has 0 aromatic carbocycles. The van der Waals surface area contributed by atoms with E-state index in [0.29, 0.717) is 16.5 Å². The third-order valence-electron chi connectivity index (χ3n) is 1.79. The molecule has 74 valence electrons. The molecule has 2 rings (SSSR count). The highest BCUT2D eigenvalue weighted by Crippen LogP contribution is 2.25. The van der Waals surface area contributed by atoms with Gasteiger partial charge in [-0.1, -0.05) is 11.3 Å². The predicted molar refractivity (Wildman–Crippen MR) is 51.3 cm³/mol. The van der Waals surface area contributed by atoms with E-state index in [-0.39, 0.29) is 0 Å². The number of hydrogen-bond donors (Lipinski definition) is 2. The summed E-state index contributed by atoms with van der Waals surface area (Å²) in [7, 11) is 1.55. The molecule has 0 saturated heterocycles. The van der Waals surface area contributed by atoms with Crippen molar-refractivity contribution >= 4 is 11.3 Å². The summed E-state index contributed by atoms with van der Waals surface area (Å²) >= 11 is 1.35. The van der Waals surface area contributed by atoms with Crippen molar-refractivity contribution < 1.29 is 9.84 Å². The van der Waals surface area contributed by atoms with Crippen molar-refractivity contribution in [3.8, 4) is 5.19 Å². The van der Waals surface area contributed by atoms with Crippen LogP contribution in [0, 0.1) is 0 Å². The summed E-state index contributed by atoms with van der Waals surface area (Å²) in [5, 5.41) is 18.5. The number of hydrogen-bond acceptors (Lipinski definition) is 5. The van der Waals surface area contributed by atoms with Gasteiger partial charge in [0.05, 0.1) is 19.0 Å². The minimum atomic E-state index is -0.742. The fourth-order valence-corrected chi connectivity index (χ4v) is 1.73. The number of nitrogens with zero attached hydrogens (tertiary/aromatic N) is 2. The molecule has 0 fully saturated rings. The Bertz CT molecular complexity index is 398. The molecule has 2 heterocycles. The van der Waals surface area contributed by atoms with Gasteiger partial charge in [-0.05, 0) is 0 Å². The number of aliphatic hydroxyl groups excluding tert-OH is 1. The summed E-state index contributed by atoms with van der Waals surface area (Å²) in [5.74, 6) is 0. The van der Waals surface area contributed by atoms with E-state index in [1.165, 1.54) is 11.3 Å². The van der Waals surface area contributed by atoms with Crippen molar-refractivity contribution in [2.45, 2.75) is 6.10 Å². The molecule has 14 heavy (non-hydrogen) atoms. The Morgan fingerprint density at radius 2 is 2.50 bits per heavy atom. The normalized spacial score (nSPS) is 12.7. The fourth-order valence-electron chi connectivity index (χ4n) is 1.07. The lowest BCUT2D eigenvalue weighted by molar-refractivity contribution is 0.215. The number of methoxy groups -OCH3 is 1. The number of aromatic amines is 1. The van der Waals surface area contributed by atoms with Crippen molar-refractivity contribution in [1.29, 1.82) is 0 Å². The molecule has 2 aromatic rings. The SMILES string of the molecule is COc1nc(C(O)c2cn[nH]c2)cs1. The molecule has 0 aliphatic carbocycles. The smallest absolute Gasteiger partial charge is 0.273 e. The summed E-state index contributed by atoms with van der Waals surface area (Å²) in [6.45, 7) is 0. The highest BCUT2D eigenvalue weighted by Gasteiger charge is 2.15. The Morgan fingerprint density at radius 3 is 3.07 bits per heavy atom. The van der Waals surface area contributed by atoms with Crippen molar-refractivity contribution in [3.63, 3.8) is 0 Å². The molecule has 2 N–H and O–H groups in total. The van der Waals surface area contributed by atoms with Gasteiger partial charge in [0.25, 0.3) is 5.19 Å². The van der Waals surface area contributed by atoms with Gasteiger partial charge in [0.15, 0.2) is 0 Å². The molecule has 0 bridgehead atoms. The van der Waals surface area contributed by atoms with Gasteiger partial charge < -0.3 is 9.84 Å². The second kappa shape index (κ2) is 3.77. The van der Waals surface area contributed by atoms with E-state index in [1.807, 2.05) is 0 Å². The van der Waals surface area contributed by atoms with Gasteiger partial charge in [0, 0.05) is 17.1 Å². The minimum absolute atomic E-state index is 0.544. The number of aliphatic hydroxyl groups is 1. The number of rotatable bonds is 3. The van der Waals surface area contributed by atoms with E-state index in [9.17, 15) is 5.11 Å². The van der Waals surface area contributed by atoms with Crippen molar-refractivity contribution in [3.05, 3.63) is 29.0 Å². The molecular formula is C8H9N3O2S. The predicted octanol–water partition coefficient (Wildman–Crippen LogP) is 0.956. The number of aromatic nitrogens is 3. The van der Waals surface area contributed by atoms with E-state index in [4.69, 9.17) is 4.74 Å². The largest absolute Gasteiger partial charge is 0.473 e. The molecule has 0 saturated carbocycles. The van der Waals surface area contributed by atoms with E-state index in [0.717, 1.165) is 0 Å². The third-order valence-corrected chi connectivity index (χ3v) is 2.61. The van der Waals surface area contributed by atoms with E-state index < -0.39 is 6.10 Å². The molecule has 1 unspecified atom stereocenters. The van der Waals surface area contributed by atoms with Gasteiger partial charge >= 0.3 is 0 Å². The van der Waals surface area contributed by atoms with Crippen LogP contribution in [0.3, 0.4) is 0 Å². The lowest BCUT2D eigenvalue weighted by Gasteiger charge is -2.02. The number of ether oxygens (including phenoxy) is 1. The minimum Gasteiger partial charge on any atom is -0.473 e. The standard InChI is InChI=1S/C8H9N3O2S/c1-13-8-11-6(4-14-8)7(12)5-2-9-10-3-5/h2-4,7,12H,1H3,(H,9,10). The monoisotopic (exact) mass is 211 g/mol. The van der Waals surface area contributed by atoms with Crippen LogP contribution in [0.2, 0.25) is 0 Å². The lowest BCUT2D eigenvalue weighted by Crippen LogP contribution is -1.98. The quantitative estimate of drug-likeness (QED) is 0.793. The van der Waals surface area contributed by atoms with Crippen LogP contribution in [0.15, 0.2) is 17.8 Å². The number of nitrogens with one attached hydrogen (secondary N) is 1. The zero-order valence-electron chi connectivity index (χ0n) is 7.47. The van der Waals surface area contributed by atoms with E-state index in [1.54, 1.807) is 24.9 Å². The van der Waals surface area contributed by atoms with Gasteiger partial charge in [-0.2, -0.15) is 5.10 Å². The Labute approximate surface area is 84.4 Å². The number of H-pyrrole nitrogens is 1. The Morgan fingerprint density at radius 1 is 1.64 bits per heavy atom. The van der Waals surface area contributed by atoms with Crippen molar-refractivity contribution in [2.24, 2.45) is 0 Å². The first-order chi connectivity index (χ1) is 6.81. The zero-order valence-corrected chi connectivity index (χ0v) is 8.28. The van der Waals surface area contributed by atoms with Crippen LogP contribution in [0.5, 0.6) is 5.19 Å². The first-order valence-electron chi connectivity index (χ1n) is 3.97. The Balaban J connectivity index is 2.23. The van der Waals surface area contributed by atoms with E-state index >= 15 is 0 Å². The average molecular weight is 211 g/mol. The fraction of sp³-hybridized carbons (Fsp3) is 0.250. The van der Waals surface area contributed by atoms with Crippen LogP contribution in [0.1, 0.15) is 17.4 Å². The van der Waals surface area contributed by atoms with Crippen LogP contribution in [0.25, 0.3) is 0 Å². The van der Waals surface area contributed by atoms with Crippen LogP contribution in [-0.4, -0.2) is 27.4 Å². The van der Waals surface area contributed by atoms with Gasteiger partial charge in [0.2, 0.25) is 0 Å². The molecule has 0 amide bonds. The van der Waals surface area contributed by atoms with E-state index in [2.05, 4.69) is 15.2 Å².